The van der Waals surface area contributed by atoms with E-state index in [4.69, 9.17) is 23.2 Å². The van der Waals surface area contributed by atoms with Crippen LogP contribution >= 0.6 is 35.0 Å². The summed E-state index contributed by atoms with van der Waals surface area (Å²) >= 11 is 13.1. The topological polar surface area (TPSA) is 88.9 Å². The van der Waals surface area contributed by atoms with Crippen molar-refractivity contribution in [2.24, 2.45) is 7.05 Å². The number of thioether (sulfide) groups is 1. The predicted molar refractivity (Wildman–Crippen MR) is 125 cm³/mol. The van der Waals surface area contributed by atoms with Gasteiger partial charge in [0.25, 0.3) is 0 Å². The van der Waals surface area contributed by atoms with Crippen molar-refractivity contribution in [2.45, 2.75) is 25.4 Å². The van der Waals surface area contributed by atoms with Gasteiger partial charge in [-0.1, -0.05) is 41.0 Å². The quantitative estimate of drug-likeness (QED) is 0.483. The van der Waals surface area contributed by atoms with Crippen molar-refractivity contribution in [3.8, 4) is 0 Å². The zero-order valence-electron chi connectivity index (χ0n) is 17.2. The molecular formula is C21H21Cl2N5O2S. The fraction of sp³-hybridized carbons (Fsp3) is 0.238. The first-order chi connectivity index (χ1) is 14.7. The summed E-state index contributed by atoms with van der Waals surface area (Å²) in [7, 11) is 1.76. The molecule has 2 N–H and O–H groups in total. The Bertz CT molecular complexity index is 1130. The van der Waals surface area contributed by atoms with Crippen molar-refractivity contribution >= 4 is 58.2 Å². The van der Waals surface area contributed by atoms with E-state index in [9.17, 15) is 9.59 Å². The Morgan fingerprint density at radius 3 is 2.48 bits per heavy atom. The third-order valence-corrected chi connectivity index (χ3v) is 6.14. The highest BCUT2D eigenvalue weighted by molar-refractivity contribution is 7.99. The molecule has 0 spiro atoms. The number of rotatable bonds is 7. The van der Waals surface area contributed by atoms with Crippen molar-refractivity contribution in [3.05, 3.63) is 63.4 Å². The average molecular weight is 478 g/mol. The Kier molecular flexibility index (Phi) is 7.59. The number of aromatic nitrogens is 3. The van der Waals surface area contributed by atoms with E-state index in [-0.39, 0.29) is 24.0 Å². The normalized spacial score (nSPS) is 10.7. The Labute approximate surface area is 194 Å². The molecule has 2 amide bonds. The molecule has 0 saturated heterocycles. The van der Waals surface area contributed by atoms with Crippen LogP contribution in [0.15, 0.2) is 41.6 Å². The summed E-state index contributed by atoms with van der Waals surface area (Å²) in [5, 5.41) is 15.1. The summed E-state index contributed by atoms with van der Waals surface area (Å²) in [4.78, 5) is 24.6. The van der Waals surface area contributed by atoms with Crippen molar-refractivity contribution < 1.29 is 9.59 Å². The van der Waals surface area contributed by atoms with Gasteiger partial charge in [0.2, 0.25) is 11.8 Å². The lowest BCUT2D eigenvalue weighted by molar-refractivity contribution is -0.116. The summed E-state index contributed by atoms with van der Waals surface area (Å²) in [5.74, 6) is 0.182. The molecule has 0 fully saturated rings. The monoisotopic (exact) mass is 477 g/mol. The number of benzene rings is 2. The Morgan fingerprint density at radius 2 is 1.77 bits per heavy atom. The number of amides is 2. The van der Waals surface area contributed by atoms with E-state index in [2.05, 4.69) is 20.8 Å². The first-order valence-electron chi connectivity index (χ1n) is 9.36. The van der Waals surface area contributed by atoms with E-state index in [1.165, 1.54) is 11.8 Å². The summed E-state index contributed by atoms with van der Waals surface area (Å²) in [6.07, 6.45) is 0.0730. The van der Waals surface area contributed by atoms with Crippen molar-refractivity contribution in [1.29, 1.82) is 0 Å². The van der Waals surface area contributed by atoms with Gasteiger partial charge in [-0.3, -0.25) is 9.59 Å². The predicted octanol–water partition coefficient (Wildman–Crippen LogP) is 4.65. The summed E-state index contributed by atoms with van der Waals surface area (Å²) in [6.45, 7) is 4.01. The highest BCUT2D eigenvalue weighted by Crippen LogP contribution is 2.26. The molecular weight excluding hydrogens is 457 g/mol. The van der Waals surface area contributed by atoms with Gasteiger partial charge in [-0.15, -0.1) is 10.2 Å². The van der Waals surface area contributed by atoms with Crippen molar-refractivity contribution in [3.63, 3.8) is 0 Å². The van der Waals surface area contributed by atoms with Gasteiger partial charge in [-0.05, 0) is 55.3 Å². The van der Waals surface area contributed by atoms with Crippen molar-refractivity contribution in [2.75, 3.05) is 16.4 Å². The molecule has 2 aromatic carbocycles. The van der Waals surface area contributed by atoms with Crippen LogP contribution < -0.4 is 10.6 Å². The summed E-state index contributed by atoms with van der Waals surface area (Å²) < 4.78 is 1.70. The number of carbonyl (C=O) groups excluding carboxylic acids is 2. The number of anilines is 2. The maximum atomic E-state index is 12.4. The standard InChI is InChI=1S/C21H21Cl2N5O2S/c1-12-4-6-15(8-13(12)2)24-19(29)10-18-26-27-21(28(18)3)31-11-20(30)25-17-7-5-14(22)9-16(17)23/h4-9H,10-11H2,1-3H3,(H,24,29)(H,25,30). The first kappa shape index (κ1) is 23.1. The van der Waals surface area contributed by atoms with Crippen LogP contribution in [-0.2, 0) is 23.1 Å². The van der Waals surface area contributed by atoms with Crippen LogP contribution in [0.2, 0.25) is 10.0 Å². The van der Waals surface area contributed by atoms with E-state index < -0.39 is 0 Å². The van der Waals surface area contributed by atoms with Crippen LogP contribution in [0, 0.1) is 13.8 Å². The van der Waals surface area contributed by atoms with Gasteiger partial charge in [-0.25, -0.2) is 0 Å². The van der Waals surface area contributed by atoms with Crippen molar-refractivity contribution in [1.82, 2.24) is 14.8 Å². The SMILES string of the molecule is Cc1ccc(NC(=O)Cc2nnc(SCC(=O)Nc3ccc(Cl)cc3Cl)n2C)cc1C. The first-order valence-corrected chi connectivity index (χ1v) is 11.1. The molecule has 1 heterocycles. The molecule has 162 valence electrons. The molecule has 0 radical (unpaired) electrons. The molecule has 10 heteroatoms. The molecule has 0 bridgehead atoms. The van der Waals surface area contributed by atoms with E-state index >= 15 is 0 Å². The van der Waals surface area contributed by atoms with Crippen LogP contribution in [-0.4, -0.2) is 32.3 Å². The molecule has 3 aromatic rings. The molecule has 0 aliphatic heterocycles. The second kappa shape index (κ2) is 10.2. The molecule has 0 atom stereocenters. The smallest absolute Gasteiger partial charge is 0.234 e. The lowest BCUT2D eigenvalue weighted by atomic mass is 10.1. The third kappa shape index (κ3) is 6.22. The second-order valence-electron chi connectivity index (χ2n) is 6.94. The number of halogens is 2. The largest absolute Gasteiger partial charge is 0.326 e. The number of hydrogen-bond donors (Lipinski definition) is 2. The van der Waals surface area contributed by atoms with E-state index in [0.29, 0.717) is 26.7 Å². The minimum absolute atomic E-state index is 0.0730. The Hall–Kier alpha value is -2.55. The van der Waals surface area contributed by atoms with Crippen LogP contribution in [0.5, 0.6) is 0 Å². The molecule has 31 heavy (non-hydrogen) atoms. The third-order valence-electron chi connectivity index (χ3n) is 4.57. The van der Waals surface area contributed by atoms with Crippen LogP contribution in [0.1, 0.15) is 17.0 Å². The Balaban J connectivity index is 1.55. The fourth-order valence-electron chi connectivity index (χ4n) is 2.70. The van der Waals surface area contributed by atoms with Crippen LogP contribution in [0.25, 0.3) is 0 Å². The van der Waals surface area contributed by atoms with E-state index in [1.807, 2.05) is 32.0 Å². The number of nitrogens with one attached hydrogen (secondary N) is 2. The molecule has 0 aliphatic carbocycles. The molecule has 7 nitrogen and oxygen atoms in total. The van der Waals surface area contributed by atoms with Gasteiger partial charge >= 0.3 is 0 Å². The van der Waals surface area contributed by atoms with E-state index in [1.54, 1.807) is 29.8 Å². The fourth-order valence-corrected chi connectivity index (χ4v) is 3.89. The lowest BCUT2D eigenvalue weighted by Gasteiger charge is -2.08. The van der Waals surface area contributed by atoms with Gasteiger partial charge < -0.3 is 15.2 Å². The molecule has 0 saturated carbocycles. The zero-order valence-corrected chi connectivity index (χ0v) is 19.5. The van der Waals surface area contributed by atoms with Gasteiger partial charge in [0.1, 0.15) is 5.82 Å². The molecule has 3 rings (SSSR count). The lowest BCUT2D eigenvalue weighted by Crippen LogP contribution is -2.17. The summed E-state index contributed by atoms with van der Waals surface area (Å²) in [6, 6.07) is 10.6. The van der Waals surface area contributed by atoms with Gasteiger partial charge in [-0.2, -0.15) is 0 Å². The van der Waals surface area contributed by atoms with Gasteiger partial charge in [0.05, 0.1) is 22.9 Å². The minimum Gasteiger partial charge on any atom is -0.326 e. The van der Waals surface area contributed by atoms with Crippen LogP contribution in [0.4, 0.5) is 11.4 Å². The summed E-state index contributed by atoms with van der Waals surface area (Å²) in [5.41, 5.74) is 3.49. The van der Waals surface area contributed by atoms with E-state index in [0.717, 1.165) is 16.8 Å². The zero-order chi connectivity index (χ0) is 22.5. The second-order valence-corrected chi connectivity index (χ2v) is 8.73. The molecule has 0 unspecified atom stereocenters. The highest BCUT2D eigenvalue weighted by atomic mass is 35.5. The maximum absolute atomic E-state index is 12.4. The maximum Gasteiger partial charge on any atom is 0.234 e. The molecule has 1 aromatic heterocycles. The Morgan fingerprint density at radius 1 is 1.00 bits per heavy atom. The number of nitrogens with zero attached hydrogens (tertiary/aromatic N) is 3. The number of aryl methyl sites for hydroxylation is 2. The average Bonchev–Trinajstić information content (AvgIpc) is 3.05. The number of carbonyl (C=O) groups is 2. The minimum atomic E-state index is -0.244. The van der Waals surface area contributed by atoms with Gasteiger partial charge in [0, 0.05) is 17.8 Å². The highest BCUT2D eigenvalue weighted by Gasteiger charge is 2.15. The van der Waals surface area contributed by atoms with Gasteiger partial charge in [0.15, 0.2) is 5.16 Å². The van der Waals surface area contributed by atoms with Crippen LogP contribution in [0.3, 0.4) is 0 Å². The molecule has 0 aliphatic rings. The number of hydrogen-bond acceptors (Lipinski definition) is 5.